The van der Waals surface area contributed by atoms with Crippen molar-refractivity contribution < 1.29 is 8.78 Å². The highest BCUT2D eigenvalue weighted by molar-refractivity contribution is 9.10. The summed E-state index contributed by atoms with van der Waals surface area (Å²) in [5, 5.41) is 2.80. The Balaban J connectivity index is 2.34. The van der Waals surface area contributed by atoms with Crippen molar-refractivity contribution in [2.45, 2.75) is 0 Å². The normalized spacial score (nSPS) is 10.3. The highest BCUT2D eigenvalue weighted by atomic mass is 79.9. The van der Waals surface area contributed by atoms with Crippen molar-refractivity contribution >= 4 is 44.5 Å². The van der Waals surface area contributed by atoms with Gasteiger partial charge in [0, 0.05) is 10.0 Å². The van der Waals surface area contributed by atoms with Crippen LogP contribution in [0.3, 0.4) is 0 Å². The van der Waals surface area contributed by atoms with Crippen LogP contribution in [-0.4, -0.2) is 4.99 Å². The molecule has 0 aliphatic heterocycles. The minimum absolute atomic E-state index is 0.0591. The lowest BCUT2D eigenvalue weighted by Crippen LogP contribution is -2.09. The number of anilines is 2. The van der Waals surface area contributed by atoms with Crippen LogP contribution in [0.5, 0.6) is 0 Å². The van der Waals surface area contributed by atoms with Crippen LogP contribution in [0.2, 0.25) is 0 Å². The number of nitrogens with one attached hydrogen (secondary N) is 1. The van der Waals surface area contributed by atoms with Gasteiger partial charge in [-0.15, -0.1) is 0 Å². The van der Waals surface area contributed by atoms with Crippen molar-refractivity contribution in [3.63, 3.8) is 0 Å². The number of hydrogen-bond donors (Lipinski definition) is 2. The molecule has 0 atom stereocenters. The Hall–Kier alpha value is -1.53. The summed E-state index contributed by atoms with van der Waals surface area (Å²) in [6.45, 7) is 0. The third kappa shape index (κ3) is 3.08. The van der Waals surface area contributed by atoms with E-state index in [0.717, 1.165) is 6.07 Å². The highest BCUT2D eigenvalue weighted by Crippen LogP contribution is 2.28. The van der Waals surface area contributed by atoms with Gasteiger partial charge in [-0.25, -0.2) is 8.78 Å². The van der Waals surface area contributed by atoms with Crippen LogP contribution in [0.1, 0.15) is 5.56 Å². The molecule has 0 amide bonds. The Kier molecular flexibility index (Phi) is 4.11. The van der Waals surface area contributed by atoms with Crippen molar-refractivity contribution in [3.05, 3.63) is 58.1 Å². The van der Waals surface area contributed by atoms with E-state index in [1.807, 2.05) is 0 Å². The standard InChI is InChI=1S/C13H9BrF2N2S/c14-8-6-7(13(17)19)4-5-10(8)18-11-3-1-2-9(15)12(11)16/h1-6,18H,(H2,17,19). The third-order valence-electron chi connectivity index (χ3n) is 2.47. The first-order valence-corrected chi connectivity index (χ1v) is 6.49. The Morgan fingerprint density at radius 2 is 1.89 bits per heavy atom. The first-order chi connectivity index (χ1) is 8.99. The van der Waals surface area contributed by atoms with Crippen LogP contribution in [0, 0.1) is 11.6 Å². The number of halogens is 3. The molecular formula is C13H9BrF2N2S. The summed E-state index contributed by atoms with van der Waals surface area (Å²) in [6.07, 6.45) is 0. The fraction of sp³-hybridized carbons (Fsp3) is 0. The fourth-order valence-electron chi connectivity index (χ4n) is 1.52. The van der Waals surface area contributed by atoms with Gasteiger partial charge in [-0.1, -0.05) is 18.3 Å². The molecule has 2 aromatic carbocycles. The molecule has 0 aromatic heterocycles. The molecule has 2 aromatic rings. The van der Waals surface area contributed by atoms with Crippen LogP contribution < -0.4 is 11.1 Å². The molecule has 0 spiro atoms. The maximum absolute atomic E-state index is 13.5. The van der Waals surface area contributed by atoms with Gasteiger partial charge in [0.05, 0.1) is 11.4 Å². The van der Waals surface area contributed by atoms with Crippen LogP contribution >= 0.6 is 28.1 Å². The lowest BCUT2D eigenvalue weighted by atomic mass is 10.2. The second-order valence-electron chi connectivity index (χ2n) is 3.79. The molecule has 0 unspecified atom stereocenters. The SMILES string of the molecule is NC(=S)c1ccc(Nc2cccc(F)c2F)c(Br)c1. The molecule has 0 aliphatic rings. The predicted molar refractivity (Wildman–Crippen MR) is 79.7 cm³/mol. The summed E-state index contributed by atoms with van der Waals surface area (Å²) < 4.78 is 27.3. The predicted octanol–water partition coefficient (Wildman–Crippen LogP) is 4.11. The van der Waals surface area contributed by atoms with Gasteiger partial charge in [0.15, 0.2) is 11.6 Å². The number of rotatable bonds is 3. The summed E-state index contributed by atoms with van der Waals surface area (Å²) in [7, 11) is 0. The summed E-state index contributed by atoms with van der Waals surface area (Å²) in [5.41, 5.74) is 6.84. The zero-order chi connectivity index (χ0) is 14.0. The number of hydrogen-bond acceptors (Lipinski definition) is 2. The first-order valence-electron chi connectivity index (χ1n) is 5.29. The highest BCUT2D eigenvalue weighted by Gasteiger charge is 2.09. The van der Waals surface area contributed by atoms with Gasteiger partial charge in [-0.05, 0) is 46.3 Å². The molecule has 0 saturated carbocycles. The topological polar surface area (TPSA) is 38.0 Å². The van der Waals surface area contributed by atoms with E-state index in [4.69, 9.17) is 18.0 Å². The molecule has 0 saturated heterocycles. The van der Waals surface area contributed by atoms with Crippen LogP contribution in [0.15, 0.2) is 40.9 Å². The maximum Gasteiger partial charge on any atom is 0.182 e. The molecule has 0 radical (unpaired) electrons. The molecular weight excluding hydrogens is 334 g/mol. The van der Waals surface area contributed by atoms with E-state index in [0.29, 0.717) is 15.7 Å². The van der Waals surface area contributed by atoms with Crippen LogP contribution in [0.25, 0.3) is 0 Å². The fourth-order valence-corrected chi connectivity index (χ4v) is 2.12. The van der Waals surface area contributed by atoms with Gasteiger partial charge < -0.3 is 11.1 Å². The quantitative estimate of drug-likeness (QED) is 0.824. The maximum atomic E-state index is 13.5. The second-order valence-corrected chi connectivity index (χ2v) is 5.08. The summed E-state index contributed by atoms with van der Waals surface area (Å²) >= 11 is 8.18. The monoisotopic (exact) mass is 342 g/mol. The molecule has 6 heteroatoms. The Morgan fingerprint density at radius 3 is 2.53 bits per heavy atom. The molecule has 98 valence electrons. The van der Waals surface area contributed by atoms with Crippen molar-refractivity contribution in [2.75, 3.05) is 5.32 Å². The Bertz CT molecular complexity index is 647. The summed E-state index contributed by atoms with van der Waals surface area (Å²) in [4.78, 5) is 0.268. The average molecular weight is 343 g/mol. The molecule has 0 bridgehead atoms. The third-order valence-corrected chi connectivity index (χ3v) is 3.37. The largest absolute Gasteiger partial charge is 0.389 e. The minimum Gasteiger partial charge on any atom is -0.389 e. The van der Waals surface area contributed by atoms with Gasteiger partial charge in [-0.2, -0.15) is 0 Å². The lowest BCUT2D eigenvalue weighted by Gasteiger charge is -2.11. The minimum atomic E-state index is -0.923. The molecule has 3 N–H and O–H groups in total. The summed E-state index contributed by atoms with van der Waals surface area (Å²) in [6, 6.07) is 9.04. The van der Waals surface area contributed by atoms with Gasteiger partial charge in [0.1, 0.15) is 4.99 Å². The molecule has 0 fully saturated rings. The van der Waals surface area contributed by atoms with E-state index in [2.05, 4.69) is 21.2 Å². The molecule has 0 aliphatic carbocycles. The van der Waals surface area contributed by atoms with Gasteiger partial charge >= 0.3 is 0 Å². The first kappa shape index (κ1) is 13.9. The van der Waals surface area contributed by atoms with E-state index < -0.39 is 11.6 Å². The van der Waals surface area contributed by atoms with Gasteiger partial charge in [0.25, 0.3) is 0 Å². The van der Waals surface area contributed by atoms with Crippen molar-refractivity contribution in [2.24, 2.45) is 5.73 Å². The molecule has 19 heavy (non-hydrogen) atoms. The van der Waals surface area contributed by atoms with E-state index in [9.17, 15) is 8.78 Å². The number of nitrogens with two attached hydrogens (primary N) is 1. The van der Waals surface area contributed by atoms with Crippen molar-refractivity contribution in [1.82, 2.24) is 0 Å². The van der Waals surface area contributed by atoms with E-state index in [1.165, 1.54) is 12.1 Å². The van der Waals surface area contributed by atoms with Crippen molar-refractivity contribution in [3.8, 4) is 0 Å². The Morgan fingerprint density at radius 1 is 1.16 bits per heavy atom. The molecule has 0 heterocycles. The number of thiocarbonyl (C=S) groups is 1. The second kappa shape index (κ2) is 5.63. The van der Waals surface area contributed by atoms with Crippen molar-refractivity contribution in [1.29, 1.82) is 0 Å². The average Bonchev–Trinajstić information content (AvgIpc) is 2.37. The van der Waals surface area contributed by atoms with E-state index >= 15 is 0 Å². The van der Waals surface area contributed by atoms with E-state index in [1.54, 1.807) is 18.2 Å². The zero-order valence-electron chi connectivity index (χ0n) is 9.58. The van der Waals surface area contributed by atoms with E-state index in [-0.39, 0.29) is 10.7 Å². The van der Waals surface area contributed by atoms with Crippen LogP contribution in [0.4, 0.5) is 20.2 Å². The van der Waals surface area contributed by atoms with Gasteiger partial charge in [-0.3, -0.25) is 0 Å². The lowest BCUT2D eigenvalue weighted by molar-refractivity contribution is 0.512. The smallest absolute Gasteiger partial charge is 0.182 e. The number of benzene rings is 2. The zero-order valence-corrected chi connectivity index (χ0v) is 12.0. The summed E-state index contributed by atoms with van der Waals surface area (Å²) in [5.74, 6) is -1.83. The van der Waals surface area contributed by atoms with Gasteiger partial charge in [0.2, 0.25) is 0 Å². The van der Waals surface area contributed by atoms with Crippen LogP contribution in [-0.2, 0) is 0 Å². The molecule has 2 nitrogen and oxygen atoms in total. The molecule has 2 rings (SSSR count). The Labute approximate surface area is 122 Å².